The highest BCUT2D eigenvalue weighted by Gasteiger charge is 2.19. The van der Waals surface area contributed by atoms with Gasteiger partial charge in [0.25, 0.3) is 0 Å². The number of rotatable bonds is 8. The molecule has 4 heteroatoms. The zero-order valence-electron chi connectivity index (χ0n) is 10.0. The molecule has 0 spiro atoms. The fourth-order valence-electron chi connectivity index (χ4n) is 1.68. The molecule has 3 nitrogen and oxygen atoms in total. The minimum atomic E-state index is 0.0571. The normalized spacial score (nSPS) is 10.7. The Balaban J connectivity index is 4.28. The smallest absolute Gasteiger partial charge is 0.223 e. The average molecular weight is 233 g/mol. The van der Waals surface area contributed by atoms with E-state index in [4.69, 9.17) is 5.11 Å². The van der Waals surface area contributed by atoms with Gasteiger partial charge in [-0.2, -0.15) is 11.8 Å². The topological polar surface area (TPSA) is 40.5 Å². The van der Waals surface area contributed by atoms with Crippen LogP contribution >= 0.6 is 11.8 Å². The van der Waals surface area contributed by atoms with E-state index in [1.165, 1.54) is 0 Å². The first-order chi connectivity index (χ1) is 7.21. The maximum absolute atomic E-state index is 11.9. The number of nitrogens with zero attached hydrogens (tertiary/aromatic N) is 1. The summed E-state index contributed by atoms with van der Waals surface area (Å²) >= 11 is 1.68. The molecule has 0 atom stereocenters. The number of amides is 1. The first-order valence-corrected chi connectivity index (χ1v) is 6.99. The number of carbonyl (C=O) groups is 1. The van der Waals surface area contributed by atoms with Crippen LogP contribution in [-0.4, -0.2) is 47.1 Å². The minimum absolute atomic E-state index is 0.0571. The Morgan fingerprint density at radius 1 is 1.40 bits per heavy atom. The molecule has 0 rings (SSSR count). The zero-order valence-corrected chi connectivity index (χ0v) is 10.8. The molecule has 0 fully saturated rings. The maximum Gasteiger partial charge on any atom is 0.223 e. The van der Waals surface area contributed by atoms with E-state index in [-0.39, 0.29) is 18.6 Å². The molecule has 0 bridgehead atoms. The molecule has 0 unspecified atom stereocenters. The third-order valence-electron chi connectivity index (χ3n) is 2.56. The number of hydrogen-bond donors (Lipinski definition) is 1. The van der Waals surface area contributed by atoms with Gasteiger partial charge in [0.1, 0.15) is 0 Å². The van der Waals surface area contributed by atoms with Gasteiger partial charge >= 0.3 is 0 Å². The summed E-state index contributed by atoms with van der Waals surface area (Å²) in [5, 5.41) is 8.95. The lowest BCUT2D eigenvalue weighted by Crippen LogP contribution is -2.41. The van der Waals surface area contributed by atoms with Crippen molar-refractivity contribution in [1.82, 2.24) is 4.90 Å². The highest BCUT2D eigenvalue weighted by atomic mass is 32.2. The third-order valence-corrected chi connectivity index (χ3v) is 3.18. The minimum Gasteiger partial charge on any atom is -0.395 e. The Morgan fingerprint density at radius 2 is 2.00 bits per heavy atom. The summed E-state index contributed by atoms with van der Waals surface area (Å²) in [7, 11) is 0. The van der Waals surface area contributed by atoms with Gasteiger partial charge in [0, 0.05) is 24.8 Å². The number of carbonyl (C=O) groups excluding carboxylic acids is 1. The van der Waals surface area contributed by atoms with Gasteiger partial charge in [0.2, 0.25) is 5.91 Å². The van der Waals surface area contributed by atoms with Gasteiger partial charge in [-0.05, 0) is 19.1 Å². The molecule has 90 valence electrons. The average Bonchev–Trinajstić information content (AvgIpc) is 2.26. The Labute approximate surface area is 97.2 Å². The molecule has 0 saturated heterocycles. The molecule has 0 aromatic heterocycles. The SMILES string of the molecule is CCC(CC)N(CCO)C(=O)CCSC. The Hall–Kier alpha value is -0.220. The van der Waals surface area contributed by atoms with Crippen LogP contribution in [0.15, 0.2) is 0 Å². The molecular weight excluding hydrogens is 210 g/mol. The second kappa shape index (κ2) is 9.04. The van der Waals surface area contributed by atoms with Crippen LogP contribution in [0.1, 0.15) is 33.1 Å². The monoisotopic (exact) mass is 233 g/mol. The van der Waals surface area contributed by atoms with Gasteiger partial charge < -0.3 is 10.0 Å². The van der Waals surface area contributed by atoms with E-state index in [0.29, 0.717) is 13.0 Å². The fraction of sp³-hybridized carbons (Fsp3) is 0.909. The molecule has 0 aromatic carbocycles. The third kappa shape index (κ3) is 5.42. The Morgan fingerprint density at radius 3 is 2.40 bits per heavy atom. The van der Waals surface area contributed by atoms with Crippen molar-refractivity contribution in [2.75, 3.05) is 25.2 Å². The van der Waals surface area contributed by atoms with E-state index in [0.717, 1.165) is 18.6 Å². The highest BCUT2D eigenvalue weighted by Crippen LogP contribution is 2.11. The van der Waals surface area contributed by atoms with Crippen molar-refractivity contribution in [3.05, 3.63) is 0 Å². The van der Waals surface area contributed by atoms with Gasteiger partial charge in [-0.25, -0.2) is 0 Å². The van der Waals surface area contributed by atoms with Crippen LogP contribution in [0.2, 0.25) is 0 Å². The Bertz CT molecular complexity index is 172. The van der Waals surface area contributed by atoms with Gasteiger partial charge in [0.15, 0.2) is 0 Å². The van der Waals surface area contributed by atoms with Gasteiger partial charge in [0.05, 0.1) is 6.61 Å². The van der Waals surface area contributed by atoms with E-state index in [1.807, 2.05) is 11.2 Å². The van der Waals surface area contributed by atoms with Crippen LogP contribution in [0.3, 0.4) is 0 Å². The predicted octanol–water partition coefficient (Wildman–Crippen LogP) is 1.75. The summed E-state index contributed by atoms with van der Waals surface area (Å²) in [5.74, 6) is 1.04. The largest absolute Gasteiger partial charge is 0.395 e. The lowest BCUT2D eigenvalue weighted by molar-refractivity contribution is -0.133. The van der Waals surface area contributed by atoms with Crippen molar-refractivity contribution in [3.8, 4) is 0 Å². The van der Waals surface area contributed by atoms with Crippen molar-refractivity contribution in [1.29, 1.82) is 0 Å². The number of aliphatic hydroxyl groups excluding tert-OH is 1. The first-order valence-electron chi connectivity index (χ1n) is 5.60. The summed E-state index contributed by atoms with van der Waals surface area (Å²) in [4.78, 5) is 13.7. The van der Waals surface area contributed by atoms with Gasteiger partial charge in [-0.3, -0.25) is 4.79 Å². The fourth-order valence-corrected chi connectivity index (χ4v) is 2.06. The summed E-state index contributed by atoms with van der Waals surface area (Å²) in [6.45, 7) is 4.70. The van der Waals surface area contributed by atoms with Crippen LogP contribution in [0.25, 0.3) is 0 Å². The van der Waals surface area contributed by atoms with E-state index in [1.54, 1.807) is 11.8 Å². The van der Waals surface area contributed by atoms with E-state index in [9.17, 15) is 4.79 Å². The molecule has 0 aromatic rings. The molecule has 0 aliphatic rings. The van der Waals surface area contributed by atoms with Crippen LogP contribution in [0.5, 0.6) is 0 Å². The zero-order chi connectivity index (χ0) is 11.7. The number of aliphatic hydroxyl groups is 1. The lowest BCUT2D eigenvalue weighted by atomic mass is 10.1. The predicted molar refractivity (Wildman–Crippen MR) is 66.2 cm³/mol. The molecule has 1 N–H and O–H groups in total. The maximum atomic E-state index is 11.9. The molecular formula is C11H23NO2S. The van der Waals surface area contributed by atoms with Gasteiger partial charge in [-0.15, -0.1) is 0 Å². The van der Waals surface area contributed by atoms with Crippen molar-refractivity contribution >= 4 is 17.7 Å². The number of hydrogen-bond acceptors (Lipinski definition) is 3. The molecule has 1 amide bonds. The highest BCUT2D eigenvalue weighted by molar-refractivity contribution is 7.98. The summed E-state index contributed by atoms with van der Waals surface area (Å²) in [6, 6.07) is 0.284. The quantitative estimate of drug-likeness (QED) is 0.694. The Kier molecular flexibility index (Phi) is 8.91. The molecule has 0 aliphatic carbocycles. The summed E-state index contributed by atoms with van der Waals surface area (Å²) < 4.78 is 0. The summed E-state index contributed by atoms with van der Waals surface area (Å²) in [5.41, 5.74) is 0. The second-order valence-corrected chi connectivity index (χ2v) is 4.51. The molecule has 0 aliphatic heterocycles. The van der Waals surface area contributed by atoms with E-state index < -0.39 is 0 Å². The van der Waals surface area contributed by atoms with Crippen molar-refractivity contribution in [3.63, 3.8) is 0 Å². The van der Waals surface area contributed by atoms with Crippen LogP contribution in [0.4, 0.5) is 0 Å². The second-order valence-electron chi connectivity index (χ2n) is 3.52. The standard InChI is InChI=1S/C11H23NO2S/c1-4-10(5-2)12(7-8-13)11(14)6-9-15-3/h10,13H,4-9H2,1-3H3. The van der Waals surface area contributed by atoms with Crippen LogP contribution in [0, 0.1) is 0 Å². The van der Waals surface area contributed by atoms with Crippen molar-refractivity contribution in [2.45, 2.75) is 39.2 Å². The lowest BCUT2D eigenvalue weighted by Gasteiger charge is -2.30. The molecule has 0 saturated carbocycles. The van der Waals surface area contributed by atoms with E-state index in [2.05, 4.69) is 13.8 Å². The first kappa shape index (κ1) is 14.8. The molecule has 0 radical (unpaired) electrons. The van der Waals surface area contributed by atoms with Crippen molar-refractivity contribution < 1.29 is 9.90 Å². The molecule has 15 heavy (non-hydrogen) atoms. The molecule has 0 heterocycles. The van der Waals surface area contributed by atoms with Crippen LogP contribution < -0.4 is 0 Å². The van der Waals surface area contributed by atoms with E-state index >= 15 is 0 Å². The van der Waals surface area contributed by atoms with Crippen molar-refractivity contribution in [2.24, 2.45) is 0 Å². The number of thioether (sulfide) groups is 1. The van der Waals surface area contributed by atoms with Crippen LogP contribution in [-0.2, 0) is 4.79 Å². The summed E-state index contributed by atoms with van der Waals surface area (Å²) in [6.07, 6.45) is 4.50. The van der Waals surface area contributed by atoms with Gasteiger partial charge in [-0.1, -0.05) is 13.8 Å².